The van der Waals surface area contributed by atoms with Gasteiger partial charge in [-0.1, -0.05) is 79.7 Å². The molecule has 0 aliphatic rings. The monoisotopic (exact) mass is 460 g/mol. The minimum atomic E-state index is -0.727. The third-order valence-corrected chi connectivity index (χ3v) is 6.17. The first-order chi connectivity index (χ1) is 16.4. The maximum absolute atomic E-state index is 14.4. The van der Waals surface area contributed by atoms with Crippen molar-refractivity contribution < 1.29 is 14.0 Å². The van der Waals surface area contributed by atoms with Crippen LogP contribution in [0.5, 0.6) is 0 Å². The number of halogens is 1. The summed E-state index contributed by atoms with van der Waals surface area (Å²) in [5.74, 6) is -0.905. The van der Waals surface area contributed by atoms with Gasteiger partial charge in [0.1, 0.15) is 11.9 Å². The van der Waals surface area contributed by atoms with E-state index in [0.717, 1.165) is 23.1 Å². The van der Waals surface area contributed by atoms with Crippen molar-refractivity contribution in [1.29, 1.82) is 0 Å². The van der Waals surface area contributed by atoms with Crippen molar-refractivity contribution in [2.45, 2.75) is 58.7 Å². The smallest absolute Gasteiger partial charge is 0.243 e. The maximum Gasteiger partial charge on any atom is 0.243 e. The molecule has 3 aromatic carbocycles. The Bertz CT molecular complexity index is 1100. The molecule has 0 spiro atoms. The Kier molecular flexibility index (Phi) is 8.97. The first kappa shape index (κ1) is 25.2. The second-order valence-electron chi connectivity index (χ2n) is 8.74. The van der Waals surface area contributed by atoms with Crippen molar-refractivity contribution >= 4 is 11.8 Å². The first-order valence-corrected chi connectivity index (χ1v) is 11.8. The molecular formula is C29H33FN2O2. The number of rotatable bonds is 10. The van der Waals surface area contributed by atoms with Crippen LogP contribution in [0.4, 0.5) is 4.39 Å². The molecule has 5 heteroatoms. The zero-order valence-corrected chi connectivity index (χ0v) is 20.1. The van der Waals surface area contributed by atoms with E-state index < -0.39 is 11.9 Å². The van der Waals surface area contributed by atoms with Crippen molar-refractivity contribution in [3.8, 4) is 0 Å². The van der Waals surface area contributed by atoms with Gasteiger partial charge < -0.3 is 10.2 Å². The zero-order valence-electron chi connectivity index (χ0n) is 20.1. The van der Waals surface area contributed by atoms with E-state index >= 15 is 0 Å². The van der Waals surface area contributed by atoms with Gasteiger partial charge in [0.25, 0.3) is 0 Å². The average Bonchev–Trinajstić information content (AvgIpc) is 2.84. The molecule has 34 heavy (non-hydrogen) atoms. The van der Waals surface area contributed by atoms with Crippen LogP contribution in [0.1, 0.15) is 42.5 Å². The maximum atomic E-state index is 14.4. The minimum absolute atomic E-state index is 0.0206. The van der Waals surface area contributed by atoms with Gasteiger partial charge in [-0.05, 0) is 48.6 Å². The lowest BCUT2D eigenvalue weighted by Crippen LogP contribution is -2.52. The first-order valence-electron chi connectivity index (χ1n) is 11.8. The van der Waals surface area contributed by atoms with Crippen LogP contribution in [-0.2, 0) is 29.0 Å². The van der Waals surface area contributed by atoms with Crippen LogP contribution in [0.15, 0.2) is 78.9 Å². The molecule has 0 unspecified atom stereocenters. The van der Waals surface area contributed by atoms with Crippen LogP contribution in [0.25, 0.3) is 0 Å². The molecule has 3 rings (SSSR count). The molecule has 0 saturated carbocycles. The summed E-state index contributed by atoms with van der Waals surface area (Å²) in [7, 11) is 0. The van der Waals surface area contributed by atoms with E-state index in [4.69, 9.17) is 0 Å². The molecule has 0 fully saturated rings. The lowest BCUT2D eigenvalue weighted by Gasteiger charge is -2.33. The SMILES string of the molecule is CC[C@H](C)NC(=O)[C@H](Cc1ccccc1)N(Cc1ccccc1C)C(=O)Cc1ccccc1F. The highest BCUT2D eigenvalue weighted by Gasteiger charge is 2.31. The van der Waals surface area contributed by atoms with Gasteiger partial charge in [-0.25, -0.2) is 4.39 Å². The Balaban J connectivity index is 2.00. The van der Waals surface area contributed by atoms with Crippen molar-refractivity contribution in [3.63, 3.8) is 0 Å². The largest absolute Gasteiger partial charge is 0.352 e. The number of nitrogens with zero attached hydrogens (tertiary/aromatic N) is 1. The van der Waals surface area contributed by atoms with Crippen molar-refractivity contribution in [3.05, 3.63) is 107 Å². The molecule has 2 atom stereocenters. The van der Waals surface area contributed by atoms with E-state index in [9.17, 15) is 14.0 Å². The van der Waals surface area contributed by atoms with Crippen molar-refractivity contribution in [2.75, 3.05) is 0 Å². The molecular weight excluding hydrogens is 427 g/mol. The Morgan fingerprint density at radius 1 is 0.912 bits per heavy atom. The Morgan fingerprint density at radius 3 is 2.18 bits per heavy atom. The summed E-state index contributed by atoms with van der Waals surface area (Å²) in [6.07, 6.45) is 1.04. The van der Waals surface area contributed by atoms with E-state index in [1.54, 1.807) is 23.1 Å². The summed E-state index contributed by atoms with van der Waals surface area (Å²) in [6.45, 7) is 6.21. The number of aryl methyl sites for hydroxylation is 1. The van der Waals surface area contributed by atoms with Gasteiger partial charge in [0.15, 0.2) is 0 Å². The molecule has 2 amide bonds. The van der Waals surface area contributed by atoms with Crippen LogP contribution in [-0.4, -0.2) is 28.8 Å². The topological polar surface area (TPSA) is 49.4 Å². The zero-order chi connectivity index (χ0) is 24.5. The van der Waals surface area contributed by atoms with E-state index in [2.05, 4.69) is 5.32 Å². The number of hydrogen-bond donors (Lipinski definition) is 1. The van der Waals surface area contributed by atoms with E-state index in [-0.39, 0.29) is 30.8 Å². The third kappa shape index (κ3) is 6.77. The molecule has 4 nitrogen and oxygen atoms in total. The van der Waals surface area contributed by atoms with Crippen molar-refractivity contribution in [2.24, 2.45) is 0 Å². The van der Waals surface area contributed by atoms with Crippen molar-refractivity contribution in [1.82, 2.24) is 10.2 Å². The fraction of sp³-hybridized carbons (Fsp3) is 0.310. The number of amides is 2. The second-order valence-corrected chi connectivity index (χ2v) is 8.74. The number of nitrogens with one attached hydrogen (secondary N) is 1. The van der Waals surface area contributed by atoms with Gasteiger partial charge >= 0.3 is 0 Å². The second kappa shape index (κ2) is 12.1. The number of carbonyl (C=O) groups excluding carboxylic acids is 2. The van der Waals surface area contributed by atoms with E-state index in [0.29, 0.717) is 12.0 Å². The number of carbonyl (C=O) groups is 2. The lowest BCUT2D eigenvalue weighted by molar-refractivity contribution is -0.141. The fourth-order valence-corrected chi connectivity index (χ4v) is 3.87. The Morgan fingerprint density at radius 2 is 1.53 bits per heavy atom. The van der Waals surface area contributed by atoms with E-state index in [1.165, 1.54) is 6.07 Å². The molecule has 0 aliphatic carbocycles. The van der Waals surface area contributed by atoms with Gasteiger partial charge in [-0.15, -0.1) is 0 Å². The average molecular weight is 461 g/mol. The van der Waals surface area contributed by atoms with Gasteiger partial charge in [0.2, 0.25) is 11.8 Å². The quantitative estimate of drug-likeness (QED) is 0.450. The molecule has 0 aromatic heterocycles. The Hall–Kier alpha value is -3.47. The highest BCUT2D eigenvalue weighted by Crippen LogP contribution is 2.19. The molecule has 0 heterocycles. The molecule has 0 saturated heterocycles. The van der Waals surface area contributed by atoms with Crippen LogP contribution >= 0.6 is 0 Å². The molecule has 178 valence electrons. The lowest BCUT2D eigenvalue weighted by atomic mass is 10.00. The molecule has 0 bridgehead atoms. The summed E-state index contributed by atoms with van der Waals surface area (Å²) in [4.78, 5) is 28.7. The summed E-state index contributed by atoms with van der Waals surface area (Å²) in [5, 5.41) is 3.05. The standard InChI is InChI=1S/C29H33FN2O2/c1-4-22(3)31-29(34)27(18-23-13-6-5-7-14-23)32(20-25-16-9-8-12-21(25)2)28(33)19-24-15-10-11-17-26(24)30/h5-17,22,27H,4,18-20H2,1-3H3,(H,31,34)/t22-,27-/m0/s1. The summed E-state index contributed by atoms with van der Waals surface area (Å²) in [6, 6.07) is 23.0. The van der Waals surface area contributed by atoms with Gasteiger partial charge in [0.05, 0.1) is 6.42 Å². The number of hydrogen-bond acceptors (Lipinski definition) is 2. The molecule has 3 aromatic rings. The fourth-order valence-electron chi connectivity index (χ4n) is 3.87. The number of benzene rings is 3. The molecule has 0 aliphatic heterocycles. The molecule has 0 radical (unpaired) electrons. The van der Waals surface area contributed by atoms with Crippen LogP contribution in [0.2, 0.25) is 0 Å². The highest BCUT2D eigenvalue weighted by atomic mass is 19.1. The summed E-state index contributed by atoms with van der Waals surface area (Å²) in [5.41, 5.74) is 3.27. The predicted molar refractivity (Wildman–Crippen MR) is 134 cm³/mol. The summed E-state index contributed by atoms with van der Waals surface area (Å²) < 4.78 is 14.4. The van der Waals surface area contributed by atoms with E-state index in [1.807, 2.05) is 75.4 Å². The minimum Gasteiger partial charge on any atom is -0.352 e. The van der Waals surface area contributed by atoms with Gasteiger partial charge in [-0.3, -0.25) is 9.59 Å². The summed E-state index contributed by atoms with van der Waals surface area (Å²) >= 11 is 0. The highest BCUT2D eigenvalue weighted by molar-refractivity contribution is 5.89. The molecule has 1 N–H and O–H groups in total. The van der Waals surface area contributed by atoms with Gasteiger partial charge in [-0.2, -0.15) is 0 Å². The normalized spacial score (nSPS) is 12.6. The van der Waals surface area contributed by atoms with Gasteiger partial charge in [0, 0.05) is 19.0 Å². The third-order valence-electron chi connectivity index (χ3n) is 6.17. The predicted octanol–water partition coefficient (Wildman–Crippen LogP) is 5.23. The van der Waals surface area contributed by atoms with Crippen LogP contribution < -0.4 is 5.32 Å². The van der Waals surface area contributed by atoms with Crippen LogP contribution in [0, 0.1) is 12.7 Å². The Labute approximate surface area is 201 Å². The van der Waals surface area contributed by atoms with Crippen LogP contribution in [0.3, 0.4) is 0 Å².